The predicted octanol–water partition coefficient (Wildman–Crippen LogP) is 5.83. The SMILES string of the molecule is COc1ccc(OCC(=O)Nc2ccc3oc(-c4ccc(Cl)c(Cl)c4)nc3c2)cc1. The Morgan fingerprint density at radius 3 is 2.50 bits per heavy atom. The zero-order valence-corrected chi connectivity index (χ0v) is 17.3. The number of carbonyl (C=O) groups excluding carboxylic acids is 1. The lowest BCUT2D eigenvalue weighted by Crippen LogP contribution is -2.20. The minimum absolute atomic E-state index is 0.127. The van der Waals surface area contributed by atoms with Gasteiger partial charge in [-0.15, -0.1) is 0 Å². The van der Waals surface area contributed by atoms with Crippen molar-refractivity contribution in [3.63, 3.8) is 0 Å². The molecule has 30 heavy (non-hydrogen) atoms. The standard InChI is InChI=1S/C22H16Cl2N2O4/c1-28-15-4-6-16(7-5-15)29-12-21(27)25-14-3-9-20-19(11-14)26-22(30-20)13-2-8-17(23)18(24)10-13/h2-11H,12H2,1H3,(H,25,27). The van der Waals surface area contributed by atoms with Crippen LogP contribution in [0.2, 0.25) is 10.0 Å². The molecule has 0 fully saturated rings. The number of methoxy groups -OCH3 is 1. The van der Waals surface area contributed by atoms with E-state index in [0.29, 0.717) is 49.8 Å². The van der Waals surface area contributed by atoms with E-state index in [-0.39, 0.29) is 12.5 Å². The van der Waals surface area contributed by atoms with E-state index in [9.17, 15) is 4.79 Å². The molecule has 0 aliphatic carbocycles. The Kier molecular flexibility index (Phi) is 5.79. The number of hydrogen-bond acceptors (Lipinski definition) is 5. The number of nitrogens with zero attached hydrogens (tertiary/aromatic N) is 1. The first kappa shape index (κ1) is 20.1. The topological polar surface area (TPSA) is 73.6 Å². The van der Waals surface area contributed by atoms with E-state index in [2.05, 4.69) is 10.3 Å². The van der Waals surface area contributed by atoms with E-state index in [1.165, 1.54) is 0 Å². The number of fused-ring (bicyclic) bond motifs is 1. The van der Waals surface area contributed by atoms with Crippen molar-refractivity contribution in [2.45, 2.75) is 0 Å². The van der Waals surface area contributed by atoms with Crippen LogP contribution in [0.1, 0.15) is 0 Å². The molecule has 0 saturated carbocycles. The number of rotatable bonds is 6. The molecule has 1 amide bonds. The summed E-state index contributed by atoms with van der Waals surface area (Å²) in [5.74, 6) is 1.41. The molecule has 1 heterocycles. The molecular formula is C22H16Cl2N2O4. The van der Waals surface area contributed by atoms with Crippen molar-refractivity contribution in [3.8, 4) is 23.0 Å². The second kappa shape index (κ2) is 8.65. The van der Waals surface area contributed by atoms with Gasteiger partial charge in [0, 0.05) is 11.3 Å². The molecule has 0 spiro atoms. The van der Waals surface area contributed by atoms with Gasteiger partial charge in [0.05, 0.1) is 17.2 Å². The largest absolute Gasteiger partial charge is 0.497 e. The van der Waals surface area contributed by atoms with Crippen LogP contribution < -0.4 is 14.8 Å². The first-order valence-electron chi connectivity index (χ1n) is 8.94. The molecule has 1 N–H and O–H groups in total. The van der Waals surface area contributed by atoms with Crippen molar-refractivity contribution >= 4 is 45.9 Å². The van der Waals surface area contributed by atoms with Crippen molar-refractivity contribution in [1.82, 2.24) is 4.98 Å². The Morgan fingerprint density at radius 1 is 1.00 bits per heavy atom. The maximum atomic E-state index is 12.2. The zero-order valence-electron chi connectivity index (χ0n) is 15.8. The smallest absolute Gasteiger partial charge is 0.262 e. The molecule has 6 nitrogen and oxygen atoms in total. The van der Waals surface area contributed by atoms with Gasteiger partial charge in [0.1, 0.15) is 17.0 Å². The fraction of sp³-hybridized carbons (Fsp3) is 0.0909. The van der Waals surface area contributed by atoms with E-state index in [1.54, 1.807) is 67.8 Å². The molecule has 3 aromatic carbocycles. The third-order valence-electron chi connectivity index (χ3n) is 4.27. The second-order valence-electron chi connectivity index (χ2n) is 6.34. The number of ether oxygens (including phenoxy) is 2. The Hall–Kier alpha value is -3.22. The predicted molar refractivity (Wildman–Crippen MR) is 117 cm³/mol. The molecule has 0 saturated heterocycles. The Balaban J connectivity index is 1.43. The van der Waals surface area contributed by atoms with Crippen LogP contribution in [-0.2, 0) is 4.79 Å². The molecule has 1 aromatic heterocycles. The molecule has 0 unspecified atom stereocenters. The summed E-state index contributed by atoms with van der Waals surface area (Å²) in [6.07, 6.45) is 0. The normalized spacial score (nSPS) is 10.8. The van der Waals surface area contributed by atoms with Gasteiger partial charge in [-0.05, 0) is 60.7 Å². The van der Waals surface area contributed by atoms with Crippen LogP contribution in [0.15, 0.2) is 65.1 Å². The van der Waals surface area contributed by atoms with E-state index >= 15 is 0 Å². The van der Waals surface area contributed by atoms with Gasteiger partial charge in [0.2, 0.25) is 5.89 Å². The summed E-state index contributed by atoms with van der Waals surface area (Å²) < 4.78 is 16.3. The van der Waals surface area contributed by atoms with E-state index < -0.39 is 0 Å². The number of halogens is 2. The average molecular weight is 443 g/mol. The van der Waals surface area contributed by atoms with Crippen LogP contribution in [0.25, 0.3) is 22.6 Å². The number of carbonyl (C=O) groups is 1. The van der Waals surface area contributed by atoms with Gasteiger partial charge in [-0.1, -0.05) is 23.2 Å². The van der Waals surface area contributed by atoms with Gasteiger partial charge < -0.3 is 19.2 Å². The molecule has 4 aromatic rings. The maximum Gasteiger partial charge on any atom is 0.262 e. The quantitative estimate of drug-likeness (QED) is 0.406. The zero-order chi connectivity index (χ0) is 21.1. The second-order valence-corrected chi connectivity index (χ2v) is 7.16. The number of hydrogen-bond donors (Lipinski definition) is 1. The highest BCUT2D eigenvalue weighted by Crippen LogP contribution is 2.30. The molecule has 152 valence electrons. The summed E-state index contributed by atoms with van der Waals surface area (Å²) in [5.41, 5.74) is 2.48. The summed E-state index contributed by atoms with van der Waals surface area (Å²) in [5, 5.41) is 3.66. The lowest BCUT2D eigenvalue weighted by atomic mass is 10.2. The van der Waals surface area contributed by atoms with Crippen LogP contribution in [0.3, 0.4) is 0 Å². The summed E-state index contributed by atoms with van der Waals surface area (Å²) >= 11 is 12.0. The highest BCUT2D eigenvalue weighted by molar-refractivity contribution is 6.42. The van der Waals surface area contributed by atoms with Crippen molar-refractivity contribution in [2.24, 2.45) is 0 Å². The Labute approximate surface area is 182 Å². The lowest BCUT2D eigenvalue weighted by molar-refractivity contribution is -0.118. The minimum Gasteiger partial charge on any atom is -0.497 e. The van der Waals surface area contributed by atoms with Crippen LogP contribution in [-0.4, -0.2) is 24.6 Å². The first-order valence-corrected chi connectivity index (χ1v) is 9.70. The van der Waals surface area contributed by atoms with Crippen molar-refractivity contribution in [3.05, 3.63) is 70.7 Å². The highest BCUT2D eigenvalue weighted by Gasteiger charge is 2.12. The van der Waals surface area contributed by atoms with Gasteiger partial charge >= 0.3 is 0 Å². The molecule has 8 heteroatoms. The molecule has 0 bridgehead atoms. The van der Waals surface area contributed by atoms with Gasteiger partial charge in [-0.3, -0.25) is 4.79 Å². The summed E-state index contributed by atoms with van der Waals surface area (Å²) in [4.78, 5) is 16.7. The number of aromatic nitrogens is 1. The Bertz CT molecular complexity index is 1210. The summed E-state index contributed by atoms with van der Waals surface area (Å²) in [6, 6.07) is 17.3. The van der Waals surface area contributed by atoms with Crippen LogP contribution in [0, 0.1) is 0 Å². The molecule has 0 atom stereocenters. The van der Waals surface area contributed by atoms with Gasteiger partial charge in [-0.25, -0.2) is 4.98 Å². The highest BCUT2D eigenvalue weighted by atomic mass is 35.5. The summed E-state index contributed by atoms with van der Waals surface area (Å²) in [7, 11) is 1.59. The summed E-state index contributed by atoms with van der Waals surface area (Å²) in [6.45, 7) is -0.127. The maximum absolute atomic E-state index is 12.2. The van der Waals surface area contributed by atoms with Crippen LogP contribution in [0.5, 0.6) is 11.5 Å². The molecular weight excluding hydrogens is 427 g/mol. The van der Waals surface area contributed by atoms with E-state index in [0.717, 1.165) is 0 Å². The van der Waals surface area contributed by atoms with Crippen LogP contribution >= 0.6 is 23.2 Å². The van der Waals surface area contributed by atoms with E-state index in [1.807, 2.05) is 0 Å². The third-order valence-corrected chi connectivity index (χ3v) is 5.01. The average Bonchev–Trinajstić information content (AvgIpc) is 3.18. The molecule has 4 rings (SSSR count). The fourth-order valence-corrected chi connectivity index (χ4v) is 3.07. The number of oxazole rings is 1. The van der Waals surface area contributed by atoms with Gasteiger partial charge in [0.15, 0.2) is 12.2 Å². The number of amides is 1. The van der Waals surface area contributed by atoms with Gasteiger partial charge in [0.25, 0.3) is 5.91 Å². The lowest BCUT2D eigenvalue weighted by Gasteiger charge is -2.08. The Morgan fingerprint density at radius 2 is 1.77 bits per heavy atom. The van der Waals surface area contributed by atoms with E-state index in [4.69, 9.17) is 37.1 Å². The van der Waals surface area contributed by atoms with Crippen molar-refractivity contribution < 1.29 is 18.7 Å². The number of benzene rings is 3. The fourth-order valence-electron chi connectivity index (χ4n) is 2.78. The third kappa shape index (κ3) is 4.50. The molecule has 0 aliphatic heterocycles. The molecule has 0 aliphatic rings. The van der Waals surface area contributed by atoms with Crippen molar-refractivity contribution in [1.29, 1.82) is 0 Å². The number of anilines is 1. The molecule has 0 radical (unpaired) electrons. The van der Waals surface area contributed by atoms with Crippen molar-refractivity contribution in [2.75, 3.05) is 19.0 Å². The minimum atomic E-state index is -0.293. The number of nitrogens with one attached hydrogen (secondary N) is 1. The van der Waals surface area contributed by atoms with Gasteiger partial charge in [-0.2, -0.15) is 0 Å². The van der Waals surface area contributed by atoms with Crippen LogP contribution in [0.4, 0.5) is 5.69 Å². The first-order chi connectivity index (χ1) is 14.5. The monoisotopic (exact) mass is 442 g/mol.